The zero-order valence-electron chi connectivity index (χ0n) is 12.9. The second-order valence-electron chi connectivity index (χ2n) is 6.15. The molecule has 0 bridgehead atoms. The highest BCUT2D eigenvalue weighted by atomic mass is 16.3. The first-order valence-corrected chi connectivity index (χ1v) is 7.97. The average molecular weight is 302 g/mol. The van der Waals surface area contributed by atoms with Gasteiger partial charge in [-0.3, -0.25) is 19.4 Å². The van der Waals surface area contributed by atoms with Crippen LogP contribution in [0, 0.1) is 0 Å². The van der Waals surface area contributed by atoms with Gasteiger partial charge in [-0.25, -0.2) is 0 Å². The van der Waals surface area contributed by atoms with Crippen LogP contribution in [-0.4, -0.2) is 58.5 Å². The molecule has 0 unspecified atom stereocenters. The van der Waals surface area contributed by atoms with Crippen LogP contribution in [0.1, 0.15) is 46.9 Å². The van der Waals surface area contributed by atoms with E-state index >= 15 is 0 Å². The van der Waals surface area contributed by atoms with Crippen LogP contribution in [0.25, 0.3) is 0 Å². The van der Waals surface area contributed by atoms with Crippen molar-refractivity contribution in [2.75, 3.05) is 19.6 Å². The van der Waals surface area contributed by atoms with Crippen molar-refractivity contribution in [3.05, 3.63) is 35.4 Å². The van der Waals surface area contributed by atoms with Gasteiger partial charge in [-0.2, -0.15) is 0 Å². The topological polar surface area (TPSA) is 60.9 Å². The first kappa shape index (κ1) is 15.2. The van der Waals surface area contributed by atoms with Crippen LogP contribution in [-0.2, 0) is 0 Å². The number of carbonyl (C=O) groups is 2. The molecule has 3 rings (SSSR count). The lowest BCUT2D eigenvalue weighted by Gasteiger charge is -2.38. The van der Waals surface area contributed by atoms with Crippen LogP contribution in [0.2, 0.25) is 0 Å². The summed E-state index contributed by atoms with van der Waals surface area (Å²) in [4.78, 5) is 28.2. The fourth-order valence-electron chi connectivity index (χ4n) is 3.51. The number of hydrogen-bond acceptors (Lipinski definition) is 4. The van der Waals surface area contributed by atoms with Gasteiger partial charge in [-0.05, 0) is 38.4 Å². The molecule has 0 aromatic heterocycles. The van der Waals surface area contributed by atoms with Gasteiger partial charge in [0.05, 0.1) is 17.2 Å². The molecule has 5 nitrogen and oxygen atoms in total. The fourth-order valence-corrected chi connectivity index (χ4v) is 3.51. The molecule has 1 saturated heterocycles. The molecular weight excluding hydrogens is 280 g/mol. The number of aliphatic hydroxyl groups is 1. The van der Waals surface area contributed by atoms with E-state index in [1.54, 1.807) is 24.3 Å². The smallest absolute Gasteiger partial charge is 0.261 e. The van der Waals surface area contributed by atoms with Gasteiger partial charge in [-0.15, -0.1) is 0 Å². The molecule has 0 aliphatic carbocycles. The number of hydrogen-bond donors (Lipinski definition) is 1. The minimum absolute atomic E-state index is 0.129. The number of likely N-dealkylation sites (tertiary alicyclic amines) is 1. The van der Waals surface area contributed by atoms with Gasteiger partial charge in [0.1, 0.15) is 0 Å². The number of carbonyl (C=O) groups excluding carboxylic acids is 2. The number of fused-ring (bicyclic) bond motifs is 1. The molecule has 5 heteroatoms. The first-order valence-electron chi connectivity index (χ1n) is 7.97. The summed E-state index contributed by atoms with van der Waals surface area (Å²) in [7, 11) is 0. The fraction of sp³-hybridized carbons (Fsp3) is 0.529. The highest BCUT2D eigenvalue weighted by Gasteiger charge is 2.35. The maximum atomic E-state index is 12.3. The van der Waals surface area contributed by atoms with E-state index in [0.29, 0.717) is 24.2 Å². The summed E-state index contributed by atoms with van der Waals surface area (Å²) in [6, 6.07) is 7.09. The number of aliphatic hydroxyl groups excluding tert-OH is 1. The molecule has 2 amide bonds. The number of amides is 2. The highest BCUT2D eigenvalue weighted by Crippen LogP contribution is 2.24. The molecule has 1 aromatic rings. The molecule has 2 atom stereocenters. The second-order valence-corrected chi connectivity index (χ2v) is 6.15. The minimum atomic E-state index is -0.387. The molecule has 1 N–H and O–H groups in total. The van der Waals surface area contributed by atoms with Gasteiger partial charge in [0.25, 0.3) is 11.8 Å². The van der Waals surface area contributed by atoms with E-state index in [-0.39, 0.29) is 24.0 Å². The normalized spacial score (nSPS) is 23.7. The summed E-state index contributed by atoms with van der Waals surface area (Å²) >= 11 is 0. The maximum Gasteiger partial charge on any atom is 0.261 e. The lowest BCUT2D eigenvalue weighted by molar-refractivity contribution is 0.0300. The number of piperidine rings is 1. The van der Waals surface area contributed by atoms with Gasteiger partial charge in [-0.1, -0.05) is 18.6 Å². The quantitative estimate of drug-likeness (QED) is 0.857. The van der Waals surface area contributed by atoms with Crippen molar-refractivity contribution in [2.24, 2.45) is 0 Å². The number of nitrogens with zero attached hydrogens (tertiary/aromatic N) is 2. The van der Waals surface area contributed by atoms with E-state index in [0.717, 1.165) is 25.8 Å². The standard InChI is InChI=1S/C17H22N2O3/c1-12(20)15-8-4-5-9-18(15)10-11-19-16(21)13-6-2-3-7-14(13)17(19)22/h2-3,6-7,12,15,20H,4-5,8-11H2,1H3/t12-,15+/m0/s1. The van der Waals surface area contributed by atoms with Crippen LogP contribution < -0.4 is 0 Å². The largest absolute Gasteiger partial charge is 0.392 e. The van der Waals surface area contributed by atoms with Crippen LogP contribution in [0.4, 0.5) is 0 Å². The molecule has 0 spiro atoms. The number of imide groups is 1. The Bertz CT molecular complexity index is 550. The monoisotopic (exact) mass is 302 g/mol. The Labute approximate surface area is 130 Å². The van der Waals surface area contributed by atoms with E-state index < -0.39 is 0 Å². The van der Waals surface area contributed by atoms with E-state index in [1.807, 2.05) is 6.92 Å². The van der Waals surface area contributed by atoms with E-state index in [2.05, 4.69) is 4.90 Å². The van der Waals surface area contributed by atoms with Crippen molar-refractivity contribution >= 4 is 11.8 Å². The Kier molecular flexibility index (Phi) is 4.27. The van der Waals surface area contributed by atoms with Crippen molar-refractivity contribution in [1.82, 2.24) is 9.80 Å². The van der Waals surface area contributed by atoms with Crippen molar-refractivity contribution in [3.63, 3.8) is 0 Å². The Morgan fingerprint density at radius 1 is 1.14 bits per heavy atom. The summed E-state index contributed by atoms with van der Waals surface area (Å²) < 4.78 is 0. The van der Waals surface area contributed by atoms with Crippen molar-refractivity contribution in [2.45, 2.75) is 38.3 Å². The van der Waals surface area contributed by atoms with Crippen molar-refractivity contribution in [1.29, 1.82) is 0 Å². The summed E-state index contributed by atoms with van der Waals surface area (Å²) in [5, 5.41) is 9.90. The summed E-state index contributed by atoms with van der Waals surface area (Å²) in [6.45, 7) is 3.74. The average Bonchev–Trinajstić information content (AvgIpc) is 2.77. The van der Waals surface area contributed by atoms with Crippen LogP contribution in [0.15, 0.2) is 24.3 Å². The summed E-state index contributed by atoms with van der Waals surface area (Å²) in [5.74, 6) is -0.405. The molecule has 1 aromatic carbocycles. The Hall–Kier alpha value is -1.72. The predicted molar refractivity (Wildman–Crippen MR) is 82.7 cm³/mol. The van der Waals surface area contributed by atoms with E-state index in [4.69, 9.17) is 0 Å². The van der Waals surface area contributed by atoms with Crippen molar-refractivity contribution in [3.8, 4) is 0 Å². The van der Waals surface area contributed by atoms with E-state index in [1.165, 1.54) is 4.90 Å². The van der Waals surface area contributed by atoms with Gasteiger partial charge in [0.15, 0.2) is 0 Å². The molecule has 0 radical (unpaired) electrons. The molecule has 1 fully saturated rings. The Morgan fingerprint density at radius 2 is 1.77 bits per heavy atom. The van der Waals surface area contributed by atoms with Crippen LogP contribution in [0.5, 0.6) is 0 Å². The van der Waals surface area contributed by atoms with Crippen LogP contribution in [0.3, 0.4) is 0 Å². The van der Waals surface area contributed by atoms with Crippen LogP contribution >= 0.6 is 0 Å². The molecule has 118 valence electrons. The summed E-state index contributed by atoms with van der Waals surface area (Å²) in [5.41, 5.74) is 0.997. The molecular formula is C17H22N2O3. The third-order valence-corrected chi connectivity index (χ3v) is 4.71. The summed E-state index contributed by atoms with van der Waals surface area (Å²) in [6.07, 6.45) is 2.81. The Morgan fingerprint density at radius 3 is 2.36 bits per heavy atom. The minimum Gasteiger partial charge on any atom is -0.392 e. The maximum absolute atomic E-state index is 12.3. The Balaban J connectivity index is 1.67. The van der Waals surface area contributed by atoms with Gasteiger partial charge >= 0.3 is 0 Å². The zero-order valence-corrected chi connectivity index (χ0v) is 12.9. The molecule has 22 heavy (non-hydrogen) atoms. The van der Waals surface area contributed by atoms with Gasteiger partial charge in [0.2, 0.25) is 0 Å². The van der Waals surface area contributed by atoms with Gasteiger partial charge < -0.3 is 5.11 Å². The second kappa shape index (κ2) is 6.18. The third-order valence-electron chi connectivity index (χ3n) is 4.71. The van der Waals surface area contributed by atoms with Crippen molar-refractivity contribution < 1.29 is 14.7 Å². The third kappa shape index (κ3) is 2.66. The SMILES string of the molecule is C[C@H](O)[C@H]1CCCCN1CCN1C(=O)c2ccccc2C1=O. The molecule has 2 heterocycles. The highest BCUT2D eigenvalue weighted by molar-refractivity contribution is 6.21. The van der Waals surface area contributed by atoms with E-state index in [9.17, 15) is 14.7 Å². The lowest BCUT2D eigenvalue weighted by atomic mass is 9.98. The number of benzene rings is 1. The van der Waals surface area contributed by atoms with Gasteiger partial charge in [0, 0.05) is 19.1 Å². The molecule has 2 aliphatic rings. The molecule has 0 saturated carbocycles. The molecule has 2 aliphatic heterocycles. The number of rotatable bonds is 4. The predicted octanol–water partition coefficient (Wildman–Crippen LogP) is 1.52. The zero-order chi connectivity index (χ0) is 15.7. The lowest BCUT2D eigenvalue weighted by Crippen LogP contribution is -2.49. The first-order chi connectivity index (χ1) is 10.6.